The number of carboxylic acids is 1. The molecule has 12 heavy (non-hydrogen) atoms. The molecule has 0 aliphatic heterocycles. The summed E-state index contributed by atoms with van der Waals surface area (Å²) in [5.74, 6) is -1.31. The highest BCUT2D eigenvalue weighted by molar-refractivity contribution is 5.69. The van der Waals surface area contributed by atoms with Crippen LogP contribution in [-0.4, -0.2) is 26.0 Å². The number of imidazole rings is 1. The highest BCUT2D eigenvalue weighted by Crippen LogP contribution is 2.05. The van der Waals surface area contributed by atoms with Crippen LogP contribution in [0.1, 0.15) is 5.82 Å². The predicted octanol–water partition coefficient (Wildman–Crippen LogP) is -0.0550. The van der Waals surface area contributed by atoms with E-state index in [4.69, 9.17) is 5.11 Å². The molecule has 2 N–H and O–H groups in total. The van der Waals surface area contributed by atoms with Crippen molar-refractivity contribution in [2.24, 2.45) is 0 Å². The van der Waals surface area contributed by atoms with E-state index in [0.29, 0.717) is 0 Å². The van der Waals surface area contributed by atoms with Crippen molar-refractivity contribution in [3.05, 3.63) is 22.1 Å². The number of nitro groups is 1. The zero-order valence-electron chi connectivity index (χ0n) is 5.85. The maximum absolute atomic E-state index is 10.1. The Balaban J connectivity index is 2.77. The summed E-state index contributed by atoms with van der Waals surface area (Å²) >= 11 is 0. The molecule has 0 aliphatic rings. The minimum atomic E-state index is -1.08. The van der Waals surface area contributed by atoms with E-state index in [1.54, 1.807) is 0 Å². The molecule has 0 atom stereocenters. The van der Waals surface area contributed by atoms with Crippen LogP contribution in [-0.2, 0) is 11.2 Å². The quantitative estimate of drug-likeness (QED) is 0.489. The monoisotopic (exact) mass is 171 g/mol. The number of carboxylic acid groups (broad SMARTS) is 1. The van der Waals surface area contributed by atoms with Crippen molar-refractivity contribution in [3.63, 3.8) is 0 Å². The van der Waals surface area contributed by atoms with Crippen LogP contribution in [0.15, 0.2) is 6.20 Å². The van der Waals surface area contributed by atoms with E-state index >= 15 is 0 Å². The molecule has 0 spiro atoms. The SMILES string of the molecule is O=C(O)Cc1ncc([N+](=O)[O-])[nH]1. The summed E-state index contributed by atoms with van der Waals surface area (Å²) in [7, 11) is 0. The Morgan fingerprint density at radius 1 is 1.83 bits per heavy atom. The van der Waals surface area contributed by atoms with E-state index in [1.165, 1.54) is 0 Å². The maximum atomic E-state index is 10.1. The third-order valence-electron chi connectivity index (χ3n) is 1.13. The molecule has 0 saturated heterocycles. The molecule has 0 amide bonds. The average molecular weight is 171 g/mol. The van der Waals surface area contributed by atoms with E-state index < -0.39 is 10.9 Å². The molecule has 0 radical (unpaired) electrons. The first-order valence-corrected chi connectivity index (χ1v) is 2.99. The zero-order chi connectivity index (χ0) is 9.14. The average Bonchev–Trinajstić information content (AvgIpc) is 2.34. The lowest BCUT2D eigenvalue weighted by Crippen LogP contribution is -2.01. The molecule has 7 heteroatoms. The van der Waals surface area contributed by atoms with Gasteiger partial charge in [0.1, 0.15) is 12.6 Å². The molecule has 0 bridgehead atoms. The standard InChI is InChI=1S/C5H5N3O4/c9-5(10)1-3-6-2-4(7-3)8(11)12/h2H,1H2,(H,6,7)(H,9,10). The second kappa shape index (κ2) is 2.99. The molecule has 1 heterocycles. The topological polar surface area (TPSA) is 109 Å². The highest BCUT2D eigenvalue weighted by atomic mass is 16.6. The van der Waals surface area contributed by atoms with Crippen molar-refractivity contribution < 1.29 is 14.8 Å². The van der Waals surface area contributed by atoms with Crippen LogP contribution in [0.25, 0.3) is 0 Å². The molecular formula is C5H5N3O4. The van der Waals surface area contributed by atoms with E-state index in [9.17, 15) is 14.9 Å². The molecule has 0 unspecified atom stereocenters. The first-order chi connectivity index (χ1) is 5.59. The lowest BCUT2D eigenvalue weighted by atomic mass is 10.4. The number of nitrogens with zero attached hydrogens (tertiary/aromatic N) is 2. The second-order valence-corrected chi connectivity index (χ2v) is 2.04. The molecule has 0 saturated carbocycles. The number of rotatable bonds is 3. The van der Waals surface area contributed by atoms with Crippen molar-refractivity contribution in [1.82, 2.24) is 9.97 Å². The van der Waals surface area contributed by atoms with E-state index in [1.807, 2.05) is 0 Å². The van der Waals surface area contributed by atoms with Crippen LogP contribution < -0.4 is 0 Å². The summed E-state index contributed by atoms with van der Waals surface area (Å²) in [6, 6.07) is 0. The Kier molecular flexibility index (Phi) is 2.04. The zero-order valence-corrected chi connectivity index (χ0v) is 5.85. The van der Waals surface area contributed by atoms with Gasteiger partial charge >= 0.3 is 11.8 Å². The Morgan fingerprint density at radius 3 is 2.92 bits per heavy atom. The number of hydrogen-bond donors (Lipinski definition) is 2. The summed E-state index contributed by atoms with van der Waals surface area (Å²) < 4.78 is 0. The van der Waals surface area contributed by atoms with Gasteiger partial charge in [0, 0.05) is 0 Å². The summed E-state index contributed by atoms with van der Waals surface area (Å²) in [5.41, 5.74) is 0. The van der Waals surface area contributed by atoms with Gasteiger partial charge in [0.2, 0.25) is 5.82 Å². The van der Waals surface area contributed by atoms with Crippen LogP contribution >= 0.6 is 0 Å². The fourth-order valence-electron chi connectivity index (χ4n) is 0.677. The van der Waals surface area contributed by atoms with Crippen molar-refractivity contribution in [3.8, 4) is 0 Å². The third kappa shape index (κ3) is 1.78. The predicted molar refractivity (Wildman–Crippen MR) is 36.6 cm³/mol. The number of aromatic nitrogens is 2. The summed E-state index contributed by atoms with van der Waals surface area (Å²) in [4.78, 5) is 25.3. The van der Waals surface area contributed by atoms with Crippen molar-refractivity contribution in [1.29, 1.82) is 0 Å². The Labute approximate surface area is 66.2 Å². The summed E-state index contributed by atoms with van der Waals surface area (Å²) in [5, 5.41) is 18.4. The van der Waals surface area contributed by atoms with Gasteiger partial charge in [0.15, 0.2) is 0 Å². The van der Waals surface area contributed by atoms with Crippen LogP contribution in [0.2, 0.25) is 0 Å². The molecule has 0 aromatic carbocycles. The van der Waals surface area contributed by atoms with Crippen LogP contribution in [0, 0.1) is 10.1 Å². The van der Waals surface area contributed by atoms with Crippen molar-refractivity contribution in [2.45, 2.75) is 6.42 Å². The van der Waals surface area contributed by atoms with Crippen molar-refractivity contribution >= 4 is 11.8 Å². The van der Waals surface area contributed by atoms with Crippen LogP contribution in [0.3, 0.4) is 0 Å². The Morgan fingerprint density at radius 2 is 2.50 bits per heavy atom. The third-order valence-corrected chi connectivity index (χ3v) is 1.13. The van der Waals surface area contributed by atoms with E-state index in [0.717, 1.165) is 6.20 Å². The fraction of sp³-hybridized carbons (Fsp3) is 0.200. The van der Waals surface area contributed by atoms with Gasteiger partial charge in [-0.1, -0.05) is 0 Å². The first-order valence-electron chi connectivity index (χ1n) is 2.99. The second-order valence-electron chi connectivity index (χ2n) is 2.04. The van der Waals surface area contributed by atoms with Gasteiger partial charge in [0.25, 0.3) is 0 Å². The van der Waals surface area contributed by atoms with E-state index in [-0.39, 0.29) is 18.1 Å². The normalized spacial score (nSPS) is 9.67. The molecule has 7 nitrogen and oxygen atoms in total. The summed E-state index contributed by atoms with van der Waals surface area (Å²) in [6.07, 6.45) is 0.645. The lowest BCUT2D eigenvalue weighted by molar-refractivity contribution is -0.389. The molecule has 64 valence electrons. The molecule has 1 aromatic heterocycles. The minimum Gasteiger partial charge on any atom is -0.481 e. The molecule has 1 rings (SSSR count). The molecular weight excluding hydrogens is 166 g/mol. The molecule has 0 aliphatic carbocycles. The number of nitrogens with one attached hydrogen (secondary N) is 1. The number of H-pyrrole nitrogens is 1. The van der Waals surface area contributed by atoms with Crippen molar-refractivity contribution in [2.75, 3.05) is 0 Å². The van der Waals surface area contributed by atoms with Gasteiger partial charge in [0.05, 0.1) is 0 Å². The van der Waals surface area contributed by atoms with Gasteiger partial charge in [-0.05, 0) is 4.92 Å². The Hall–Kier alpha value is -1.92. The van der Waals surface area contributed by atoms with E-state index in [2.05, 4.69) is 9.97 Å². The lowest BCUT2D eigenvalue weighted by Gasteiger charge is -1.86. The maximum Gasteiger partial charge on any atom is 0.340 e. The molecule has 0 fully saturated rings. The number of carbonyl (C=O) groups is 1. The number of hydrogen-bond acceptors (Lipinski definition) is 4. The van der Waals surface area contributed by atoms with Crippen LogP contribution in [0.4, 0.5) is 5.82 Å². The minimum absolute atomic E-state index is 0.0780. The largest absolute Gasteiger partial charge is 0.481 e. The number of aliphatic carboxylic acids is 1. The first kappa shape index (κ1) is 8.18. The van der Waals surface area contributed by atoms with Gasteiger partial charge in [-0.25, -0.2) is 9.97 Å². The van der Waals surface area contributed by atoms with Gasteiger partial charge in [-0.2, -0.15) is 0 Å². The summed E-state index contributed by atoms with van der Waals surface area (Å²) in [6.45, 7) is 0. The molecule has 1 aromatic rings. The Bertz CT molecular complexity index is 318. The fourth-order valence-corrected chi connectivity index (χ4v) is 0.677. The smallest absolute Gasteiger partial charge is 0.340 e. The van der Waals surface area contributed by atoms with Gasteiger partial charge in [-0.3, -0.25) is 4.79 Å². The van der Waals surface area contributed by atoms with Crippen LogP contribution in [0.5, 0.6) is 0 Å². The number of aromatic amines is 1. The van der Waals surface area contributed by atoms with Gasteiger partial charge < -0.3 is 15.2 Å². The van der Waals surface area contributed by atoms with Gasteiger partial charge in [-0.15, -0.1) is 0 Å². The highest BCUT2D eigenvalue weighted by Gasteiger charge is 2.12.